The van der Waals surface area contributed by atoms with Gasteiger partial charge in [0.05, 0.1) is 21.6 Å². The number of hydrogen-bond donors (Lipinski definition) is 0. The van der Waals surface area contributed by atoms with Crippen molar-refractivity contribution in [2.75, 3.05) is 37.7 Å². The highest BCUT2D eigenvalue weighted by Gasteiger charge is 2.35. The van der Waals surface area contributed by atoms with Crippen molar-refractivity contribution in [2.24, 2.45) is 0 Å². The summed E-state index contributed by atoms with van der Waals surface area (Å²) in [5.41, 5.74) is 0. The van der Waals surface area contributed by atoms with Crippen LogP contribution in [0.5, 0.6) is 0 Å². The molecule has 1 amide bonds. The summed E-state index contributed by atoms with van der Waals surface area (Å²) in [4.78, 5) is 17.4. The van der Waals surface area contributed by atoms with Gasteiger partial charge in [-0.15, -0.1) is 11.3 Å². The molecule has 10 heteroatoms. The highest BCUT2D eigenvalue weighted by Crippen LogP contribution is 2.41. The molecule has 0 saturated carbocycles. The first-order chi connectivity index (χ1) is 12.7. The van der Waals surface area contributed by atoms with E-state index in [2.05, 4.69) is 4.90 Å². The average Bonchev–Trinajstić information content (AvgIpc) is 3.14. The largest absolute Gasteiger partial charge is 0.335 e. The van der Waals surface area contributed by atoms with Gasteiger partial charge >= 0.3 is 0 Å². The van der Waals surface area contributed by atoms with Crippen molar-refractivity contribution in [1.29, 1.82) is 0 Å². The number of piperazine rings is 1. The van der Waals surface area contributed by atoms with Crippen molar-refractivity contribution >= 4 is 72.0 Å². The lowest BCUT2D eigenvalue weighted by Gasteiger charge is -2.37. The Labute approximate surface area is 176 Å². The van der Waals surface area contributed by atoms with E-state index in [1.165, 1.54) is 11.3 Å². The van der Waals surface area contributed by atoms with Gasteiger partial charge in [0.2, 0.25) is 0 Å². The monoisotopic (exact) mass is 466 g/mol. The van der Waals surface area contributed by atoms with Crippen LogP contribution in [0.15, 0.2) is 12.1 Å². The van der Waals surface area contributed by atoms with Crippen LogP contribution in [-0.2, 0) is 9.84 Å². The van der Waals surface area contributed by atoms with Gasteiger partial charge in [-0.1, -0.05) is 34.8 Å². The molecule has 0 bridgehead atoms. The first kappa shape index (κ1) is 19.7. The van der Waals surface area contributed by atoms with Crippen molar-refractivity contribution in [3.8, 4) is 0 Å². The maximum absolute atomic E-state index is 13.0. The Kier molecular flexibility index (Phi) is 5.37. The van der Waals surface area contributed by atoms with E-state index in [4.69, 9.17) is 34.8 Å². The predicted octanol–water partition coefficient (Wildman–Crippen LogP) is 3.81. The quantitative estimate of drug-likeness (QED) is 0.674. The fourth-order valence-corrected chi connectivity index (χ4v) is 7.85. The molecule has 0 aliphatic carbocycles. The van der Waals surface area contributed by atoms with Gasteiger partial charge in [-0.05, 0) is 18.6 Å². The molecule has 2 aromatic rings. The molecule has 1 atom stereocenters. The van der Waals surface area contributed by atoms with Crippen LogP contribution in [0.2, 0.25) is 15.1 Å². The Morgan fingerprint density at radius 2 is 1.81 bits per heavy atom. The van der Waals surface area contributed by atoms with Crippen molar-refractivity contribution in [3.63, 3.8) is 0 Å². The van der Waals surface area contributed by atoms with E-state index in [1.54, 1.807) is 17.0 Å². The third kappa shape index (κ3) is 3.82. The van der Waals surface area contributed by atoms with Crippen molar-refractivity contribution in [1.82, 2.24) is 9.80 Å². The zero-order valence-electron chi connectivity index (χ0n) is 14.3. The summed E-state index contributed by atoms with van der Waals surface area (Å²) < 4.78 is 24.2. The number of halogens is 3. The number of hydrogen-bond acceptors (Lipinski definition) is 5. The van der Waals surface area contributed by atoms with Crippen LogP contribution in [0.3, 0.4) is 0 Å². The Morgan fingerprint density at radius 1 is 1.11 bits per heavy atom. The van der Waals surface area contributed by atoms with Gasteiger partial charge in [-0.3, -0.25) is 9.69 Å². The molecule has 1 aromatic carbocycles. The summed E-state index contributed by atoms with van der Waals surface area (Å²) in [6.45, 7) is 2.44. The van der Waals surface area contributed by atoms with E-state index in [-0.39, 0.29) is 23.5 Å². The third-order valence-corrected chi connectivity index (χ3v) is 9.05. The van der Waals surface area contributed by atoms with Crippen molar-refractivity contribution in [3.05, 3.63) is 32.1 Å². The van der Waals surface area contributed by atoms with Gasteiger partial charge in [0.1, 0.15) is 4.88 Å². The number of thiophene rings is 1. The molecular formula is C17H17Cl3N2O3S2. The molecule has 0 N–H and O–H groups in total. The van der Waals surface area contributed by atoms with Gasteiger partial charge in [0.25, 0.3) is 5.91 Å². The van der Waals surface area contributed by atoms with E-state index >= 15 is 0 Å². The fraction of sp³-hybridized carbons (Fsp3) is 0.471. The lowest BCUT2D eigenvalue weighted by atomic mass is 10.2. The smallest absolute Gasteiger partial charge is 0.265 e. The molecule has 2 aliphatic rings. The Morgan fingerprint density at radius 3 is 2.44 bits per heavy atom. The van der Waals surface area contributed by atoms with Gasteiger partial charge in [-0.2, -0.15) is 0 Å². The molecule has 146 valence electrons. The summed E-state index contributed by atoms with van der Waals surface area (Å²) in [7, 11) is -2.91. The van der Waals surface area contributed by atoms with E-state index in [1.807, 2.05) is 0 Å². The lowest BCUT2D eigenvalue weighted by molar-refractivity contribution is 0.0592. The van der Waals surface area contributed by atoms with Gasteiger partial charge in [0, 0.05) is 47.3 Å². The fourth-order valence-electron chi connectivity index (χ4n) is 3.75. The number of amides is 1. The summed E-state index contributed by atoms with van der Waals surface area (Å²) in [6, 6.07) is 3.45. The van der Waals surface area contributed by atoms with Crippen LogP contribution >= 0.6 is 46.1 Å². The second-order valence-corrected chi connectivity index (χ2v) is 11.4. The third-order valence-electron chi connectivity index (χ3n) is 5.17. The first-order valence-corrected chi connectivity index (χ1v) is 12.3. The summed E-state index contributed by atoms with van der Waals surface area (Å²) in [5, 5.41) is 1.96. The van der Waals surface area contributed by atoms with E-state index < -0.39 is 9.84 Å². The SMILES string of the molecule is O=C(c1sc2cc(Cl)cc(Cl)c2c1Cl)N1CCN(C2CCS(=O)(=O)C2)CC1. The number of sulfone groups is 1. The molecular weight excluding hydrogens is 451 g/mol. The Hall–Kier alpha value is -0.570. The minimum absolute atomic E-state index is 0.0705. The second kappa shape index (κ2) is 7.35. The van der Waals surface area contributed by atoms with Crippen LogP contribution in [0.1, 0.15) is 16.1 Å². The molecule has 5 nitrogen and oxygen atoms in total. The normalized spacial score (nSPS) is 23.2. The maximum atomic E-state index is 13.0. The number of rotatable bonds is 2. The first-order valence-electron chi connectivity index (χ1n) is 8.56. The Balaban J connectivity index is 1.49. The molecule has 0 radical (unpaired) electrons. The molecule has 2 aliphatic heterocycles. The summed E-state index contributed by atoms with van der Waals surface area (Å²) in [6.07, 6.45) is 0.678. The molecule has 0 spiro atoms. The van der Waals surface area contributed by atoms with Crippen molar-refractivity contribution < 1.29 is 13.2 Å². The number of fused-ring (bicyclic) bond motifs is 1. The van der Waals surface area contributed by atoms with E-state index in [9.17, 15) is 13.2 Å². The average molecular weight is 468 g/mol. The molecule has 1 aromatic heterocycles. The van der Waals surface area contributed by atoms with E-state index in [0.717, 1.165) is 4.70 Å². The van der Waals surface area contributed by atoms with E-state index in [0.29, 0.717) is 57.9 Å². The zero-order valence-corrected chi connectivity index (χ0v) is 18.2. The van der Waals surface area contributed by atoms with Crippen LogP contribution in [0, 0.1) is 0 Å². The zero-order chi connectivity index (χ0) is 19.3. The van der Waals surface area contributed by atoms with Gasteiger partial charge < -0.3 is 4.90 Å². The van der Waals surface area contributed by atoms with Gasteiger partial charge in [-0.25, -0.2) is 8.42 Å². The summed E-state index contributed by atoms with van der Waals surface area (Å²) >= 11 is 20.0. The molecule has 3 heterocycles. The number of benzene rings is 1. The minimum Gasteiger partial charge on any atom is -0.335 e. The molecule has 27 heavy (non-hydrogen) atoms. The molecule has 1 unspecified atom stereocenters. The lowest BCUT2D eigenvalue weighted by Crippen LogP contribution is -2.52. The predicted molar refractivity (Wildman–Crippen MR) is 111 cm³/mol. The standard InChI is InChI=1S/C17H17Cl3N2O3S2/c18-10-7-12(19)14-13(8-10)26-16(15(14)20)17(23)22-4-2-21(3-5-22)11-1-6-27(24,25)9-11/h7-8,11H,1-6,9H2. The highest BCUT2D eigenvalue weighted by atomic mass is 35.5. The second-order valence-electron chi connectivity index (χ2n) is 6.89. The van der Waals surface area contributed by atoms with Crippen LogP contribution in [-0.4, -0.2) is 67.9 Å². The minimum atomic E-state index is -2.91. The maximum Gasteiger partial charge on any atom is 0.265 e. The number of carbonyl (C=O) groups excluding carboxylic acids is 1. The summed E-state index contributed by atoms with van der Waals surface area (Å²) in [5.74, 6) is 0.368. The number of carbonyl (C=O) groups is 1. The highest BCUT2D eigenvalue weighted by molar-refractivity contribution is 7.91. The molecule has 4 rings (SSSR count). The molecule has 2 saturated heterocycles. The van der Waals surface area contributed by atoms with Crippen LogP contribution in [0.4, 0.5) is 0 Å². The van der Waals surface area contributed by atoms with Crippen LogP contribution < -0.4 is 0 Å². The molecule has 2 fully saturated rings. The van der Waals surface area contributed by atoms with Crippen molar-refractivity contribution in [2.45, 2.75) is 12.5 Å². The topological polar surface area (TPSA) is 57.7 Å². The van der Waals surface area contributed by atoms with Crippen LogP contribution in [0.25, 0.3) is 10.1 Å². The van der Waals surface area contributed by atoms with Gasteiger partial charge in [0.15, 0.2) is 9.84 Å². The number of nitrogens with zero attached hydrogens (tertiary/aromatic N) is 2. The Bertz CT molecular complexity index is 1010.